The van der Waals surface area contributed by atoms with E-state index in [0.29, 0.717) is 0 Å². The molecule has 0 aliphatic heterocycles. The van der Waals surface area contributed by atoms with Crippen molar-refractivity contribution in [1.29, 1.82) is 0 Å². The van der Waals surface area contributed by atoms with Gasteiger partial charge < -0.3 is 15.8 Å². The molecule has 0 amide bonds. The molecule has 11 heteroatoms. The zero-order chi connectivity index (χ0) is 19.0. The van der Waals surface area contributed by atoms with Gasteiger partial charge in [-0.1, -0.05) is 18.2 Å². The van der Waals surface area contributed by atoms with Crippen LogP contribution < -0.4 is 29.6 Å². The number of hydrogen-bond acceptors (Lipinski definition) is 6. The van der Waals surface area contributed by atoms with Crippen molar-refractivity contribution < 1.29 is 72.7 Å². The number of hydrogen-bond donors (Lipinski definition) is 3. The number of carboxylic acids is 2. The van der Waals surface area contributed by atoms with Gasteiger partial charge in [-0.3, -0.25) is 4.55 Å². The first-order chi connectivity index (χ1) is 11.6. The van der Waals surface area contributed by atoms with E-state index >= 15 is 0 Å². The van der Waals surface area contributed by atoms with Crippen LogP contribution in [0, 0.1) is 0 Å². The summed E-state index contributed by atoms with van der Waals surface area (Å²) in [5.41, 5.74) is 0.222. The molecule has 0 saturated carbocycles. The summed E-state index contributed by atoms with van der Waals surface area (Å²) in [5, 5.41) is 16.9. The minimum atomic E-state index is -4.72. The van der Waals surface area contributed by atoms with Gasteiger partial charge in [0, 0.05) is 0 Å². The molecule has 0 aliphatic rings. The van der Waals surface area contributed by atoms with Gasteiger partial charge in [0.1, 0.15) is 0 Å². The quantitative estimate of drug-likeness (QED) is 0.432. The van der Waals surface area contributed by atoms with Gasteiger partial charge in [-0.25, -0.2) is 14.4 Å². The van der Waals surface area contributed by atoms with Gasteiger partial charge in [0.15, 0.2) is 0 Å². The van der Waals surface area contributed by atoms with Gasteiger partial charge in [-0.05, 0) is 36.4 Å². The van der Waals surface area contributed by atoms with Gasteiger partial charge in [0.25, 0.3) is 0 Å². The standard InChI is InChI=1S/C8H6O4.C7H6O5S.Na.H/c9-7(10)5-1-2-6(4-3-5)8(11)12;8-7(12-13(9,10)11)6-4-2-1-3-5-6;;/h1-4H,(H,9,10)(H,11,12);1-5H,(H,9,10,11);;/q;;+1;-1. The van der Waals surface area contributed by atoms with Crippen molar-refractivity contribution in [1.82, 2.24) is 0 Å². The molecule has 2 aromatic carbocycles. The molecule has 134 valence electrons. The number of carbonyl (C=O) groups excluding carboxylic acids is 1. The number of carboxylic acid groups (broad SMARTS) is 2. The molecule has 0 aliphatic carbocycles. The molecular formula is C15H13NaO9S. The minimum absolute atomic E-state index is 0. The Morgan fingerprint density at radius 3 is 1.46 bits per heavy atom. The Kier molecular flexibility index (Phi) is 9.76. The molecule has 0 saturated heterocycles. The van der Waals surface area contributed by atoms with E-state index in [4.69, 9.17) is 14.8 Å². The average Bonchev–Trinajstić information content (AvgIpc) is 2.54. The Labute approximate surface area is 172 Å². The summed E-state index contributed by atoms with van der Waals surface area (Å²) in [4.78, 5) is 31.6. The molecule has 9 nitrogen and oxygen atoms in total. The zero-order valence-electron chi connectivity index (χ0n) is 14.4. The summed E-state index contributed by atoms with van der Waals surface area (Å²) in [6.45, 7) is 0. The molecule has 0 heterocycles. The van der Waals surface area contributed by atoms with E-state index in [1.54, 1.807) is 18.2 Å². The fourth-order valence-electron chi connectivity index (χ4n) is 1.47. The summed E-state index contributed by atoms with van der Waals surface area (Å²) < 4.78 is 32.1. The molecule has 2 aromatic rings. The second kappa shape index (κ2) is 10.7. The van der Waals surface area contributed by atoms with Crippen LogP contribution >= 0.6 is 0 Å². The Bertz CT molecular complexity index is 835. The van der Waals surface area contributed by atoms with E-state index in [1.165, 1.54) is 36.4 Å². The van der Waals surface area contributed by atoms with E-state index in [-0.39, 0.29) is 47.7 Å². The first-order valence-electron chi connectivity index (χ1n) is 6.43. The second-order valence-corrected chi connectivity index (χ2v) is 5.37. The van der Waals surface area contributed by atoms with Crippen LogP contribution in [0.25, 0.3) is 0 Å². The van der Waals surface area contributed by atoms with E-state index in [9.17, 15) is 22.8 Å². The van der Waals surface area contributed by atoms with Gasteiger partial charge in [0.2, 0.25) is 0 Å². The van der Waals surface area contributed by atoms with Crippen LogP contribution in [0.2, 0.25) is 0 Å². The first-order valence-corrected chi connectivity index (χ1v) is 7.79. The maximum absolute atomic E-state index is 10.9. The molecule has 26 heavy (non-hydrogen) atoms. The third-order valence-corrected chi connectivity index (χ3v) is 2.93. The Hall–Kier alpha value is -2.24. The van der Waals surface area contributed by atoms with Crippen LogP contribution in [-0.4, -0.2) is 41.1 Å². The van der Waals surface area contributed by atoms with Gasteiger partial charge >= 0.3 is 57.9 Å². The van der Waals surface area contributed by atoms with Crippen molar-refractivity contribution in [2.75, 3.05) is 0 Å². The van der Waals surface area contributed by atoms with Crippen molar-refractivity contribution in [3.05, 3.63) is 71.3 Å². The topological polar surface area (TPSA) is 155 Å². The maximum Gasteiger partial charge on any atom is 1.00 e. The van der Waals surface area contributed by atoms with E-state index in [0.717, 1.165) is 0 Å². The minimum Gasteiger partial charge on any atom is -1.00 e. The van der Waals surface area contributed by atoms with Crippen molar-refractivity contribution >= 4 is 28.3 Å². The Morgan fingerprint density at radius 2 is 1.15 bits per heavy atom. The van der Waals surface area contributed by atoms with E-state index in [1.807, 2.05) is 0 Å². The molecule has 3 N–H and O–H groups in total. The smallest absolute Gasteiger partial charge is 1.00 e. The molecule has 0 fully saturated rings. The number of aromatic carboxylic acids is 2. The third kappa shape index (κ3) is 8.74. The van der Waals surface area contributed by atoms with E-state index in [2.05, 4.69) is 4.18 Å². The van der Waals surface area contributed by atoms with Crippen LogP contribution in [0.1, 0.15) is 32.5 Å². The second-order valence-electron chi connectivity index (χ2n) is 4.35. The summed E-state index contributed by atoms with van der Waals surface area (Å²) >= 11 is 0. The van der Waals surface area contributed by atoms with Crippen LogP contribution in [-0.2, 0) is 14.6 Å². The number of carbonyl (C=O) groups is 3. The number of benzene rings is 2. The van der Waals surface area contributed by atoms with Crippen molar-refractivity contribution in [3.63, 3.8) is 0 Å². The summed E-state index contributed by atoms with van der Waals surface area (Å²) in [6, 6.07) is 12.5. The number of rotatable bonds is 4. The third-order valence-electron chi connectivity index (χ3n) is 2.57. The van der Waals surface area contributed by atoms with Crippen LogP contribution in [0.3, 0.4) is 0 Å². The zero-order valence-corrected chi connectivity index (χ0v) is 16.2. The summed E-state index contributed by atoms with van der Waals surface area (Å²) in [7, 11) is -4.72. The van der Waals surface area contributed by atoms with Gasteiger partial charge in [-0.2, -0.15) is 8.42 Å². The molecular weight excluding hydrogens is 379 g/mol. The molecule has 0 unspecified atom stereocenters. The molecule has 2 rings (SSSR count). The molecule has 0 atom stereocenters. The molecule has 0 bridgehead atoms. The van der Waals surface area contributed by atoms with E-state index < -0.39 is 28.3 Å². The van der Waals surface area contributed by atoms with Crippen LogP contribution in [0.15, 0.2) is 54.6 Å². The first kappa shape index (κ1) is 23.8. The largest absolute Gasteiger partial charge is 1.00 e. The fourth-order valence-corrected chi connectivity index (χ4v) is 1.76. The Morgan fingerprint density at radius 1 is 0.769 bits per heavy atom. The summed E-state index contributed by atoms with van der Waals surface area (Å²) in [6.07, 6.45) is 0. The Balaban J connectivity index is 0. The summed E-state index contributed by atoms with van der Waals surface area (Å²) in [5.74, 6) is -3.23. The van der Waals surface area contributed by atoms with Crippen molar-refractivity contribution in [2.24, 2.45) is 0 Å². The predicted molar refractivity (Wildman–Crippen MR) is 84.9 cm³/mol. The maximum atomic E-state index is 10.9. The normalized spacial score (nSPS) is 9.73. The van der Waals surface area contributed by atoms with Gasteiger partial charge in [-0.15, -0.1) is 0 Å². The molecule has 0 aromatic heterocycles. The fraction of sp³-hybridized carbons (Fsp3) is 0. The van der Waals surface area contributed by atoms with Crippen LogP contribution in [0.4, 0.5) is 0 Å². The van der Waals surface area contributed by atoms with Crippen LogP contribution in [0.5, 0.6) is 0 Å². The van der Waals surface area contributed by atoms with Crippen molar-refractivity contribution in [3.8, 4) is 0 Å². The predicted octanol–water partition coefficient (Wildman–Crippen LogP) is -1.15. The van der Waals surface area contributed by atoms with Crippen molar-refractivity contribution in [2.45, 2.75) is 0 Å². The average molecular weight is 392 g/mol. The SMILES string of the molecule is O=C(O)c1ccc(C(=O)O)cc1.O=C(OS(=O)(=O)O)c1ccccc1.[H-].[Na+]. The van der Waals surface area contributed by atoms with Gasteiger partial charge in [0.05, 0.1) is 16.7 Å². The molecule has 0 spiro atoms. The monoisotopic (exact) mass is 392 g/mol. The molecule has 0 radical (unpaired) electrons.